The molecule has 2 aromatic heterocycles. The lowest BCUT2D eigenvalue weighted by Crippen LogP contribution is -2.37. The van der Waals surface area contributed by atoms with Crippen LogP contribution in [-0.4, -0.2) is 36.0 Å². The molecule has 10 heteroatoms. The van der Waals surface area contributed by atoms with E-state index in [1.54, 1.807) is 16.8 Å². The zero-order valence-corrected chi connectivity index (χ0v) is 23.2. The largest absolute Gasteiger partial charge is 0.271 e. The molecule has 6 rings (SSSR count). The molecule has 4 aromatic rings. The number of fused-ring (bicyclic) bond motifs is 1. The van der Waals surface area contributed by atoms with Crippen LogP contribution in [0.4, 0.5) is 4.39 Å². The molecule has 1 aliphatic carbocycles. The molecule has 0 fully saturated rings. The summed E-state index contributed by atoms with van der Waals surface area (Å²) in [5, 5.41) is 10.7. The predicted octanol–water partition coefficient (Wildman–Crippen LogP) is 4.81. The Morgan fingerprint density at radius 1 is 1.08 bits per heavy atom. The summed E-state index contributed by atoms with van der Waals surface area (Å²) in [6.45, 7) is 3.52. The Bertz CT molecular complexity index is 1670. The number of carbonyl (C=O) groups excluding carboxylic acids is 1. The molecule has 1 atom stereocenters. The van der Waals surface area contributed by atoms with Gasteiger partial charge in [0.05, 0.1) is 23.1 Å². The summed E-state index contributed by atoms with van der Waals surface area (Å²) >= 11 is 3.46. The van der Waals surface area contributed by atoms with Gasteiger partial charge in [-0.25, -0.2) is 19.1 Å². The quantitative estimate of drug-likeness (QED) is 0.335. The molecule has 0 bridgehead atoms. The van der Waals surface area contributed by atoms with Crippen molar-refractivity contribution < 1.29 is 9.18 Å². The first-order valence-electron chi connectivity index (χ1n) is 12.9. The maximum atomic E-state index is 13.9. The van der Waals surface area contributed by atoms with Crippen molar-refractivity contribution in [1.82, 2.24) is 24.3 Å². The second kappa shape index (κ2) is 10.00. The lowest BCUT2D eigenvalue weighted by atomic mass is 9.98. The Hall–Kier alpha value is -3.92. The summed E-state index contributed by atoms with van der Waals surface area (Å²) in [5.41, 5.74) is 5.21. The van der Waals surface area contributed by atoms with Gasteiger partial charge in [0, 0.05) is 22.2 Å². The standard InChI is InChI=1S/C29H26BrFN6O2/c1-17-14-18(2)36(33-17)29-32-24-5-3-4-23(24)28(39)35(29)16-27(38)37-26(20-8-12-22(31)13-9-20)15-25(34-37)19-6-10-21(30)11-7-19/h6-14,26H,3-5,15-16H2,1-2H3. The molecule has 1 aliphatic heterocycles. The number of hydrazone groups is 1. The number of aromatic nitrogens is 4. The van der Waals surface area contributed by atoms with Crippen molar-refractivity contribution in [2.24, 2.45) is 5.10 Å². The highest BCUT2D eigenvalue weighted by molar-refractivity contribution is 9.10. The molecule has 39 heavy (non-hydrogen) atoms. The van der Waals surface area contributed by atoms with Crippen LogP contribution in [0.5, 0.6) is 0 Å². The fourth-order valence-electron chi connectivity index (χ4n) is 5.36. The van der Waals surface area contributed by atoms with E-state index in [9.17, 15) is 14.0 Å². The first-order valence-corrected chi connectivity index (χ1v) is 13.6. The van der Waals surface area contributed by atoms with Crippen LogP contribution in [0.2, 0.25) is 0 Å². The highest BCUT2D eigenvalue weighted by atomic mass is 79.9. The molecule has 1 amide bonds. The van der Waals surface area contributed by atoms with E-state index in [4.69, 9.17) is 10.1 Å². The van der Waals surface area contributed by atoms with Gasteiger partial charge in [-0.1, -0.05) is 40.2 Å². The van der Waals surface area contributed by atoms with Crippen LogP contribution in [0.1, 0.15) is 52.7 Å². The van der Waals surface area contributed by atoms with Gasteiger partial charge in [0.2, 0.25) is 5.95 Å². The zero-order chi connectivity index (χ0) is 27.3. The van der Waals surface area contributed by atoms with Gasteiger partial charge in [-0.15, -0.1) is 0 Å². The first kappa shape index (κ1) is 25.4. The topological polar surface area (TPSA) is 85.4 Å². The van der Waals surface area contributed by atoms with Crippen molar-refractivity contribution >= 4 is 27.5 Å². The van der Waals surface area contributed by atoms with Gasteiger partial charge in [-0.3, -0.25) is 14.2 Å². The van der Waals surface area contributed by atoms with E-state index in [0.29, 0.717) is 24.4 Å². The van der Waals surface area contributed by atoms with E-state index < -0.39 is 6.04 Å². The molecule has 3 heterocycles. The maximum Gasteiger partial charge on any atom is 0.263 e. The minimum absolute atomic E-state index is 0.219. The number of aryl methyl sites for hydroxylation is 3. The Morgan fingerprint density at radius 3 is 2.51 bits per heavy atom. The van der Waals surface area contributed by atoms with E-state index in [2.05, 4.69) is 21.0 Å². The molecule has 0 saturated heterocycles. The number of rotatable bonds is 5. The summed E-state index contributed by atoms with van der Waals surface area (Å²) in [5.74, 6) is -0.385. The number of carbonyl (C=O) groups is 1. The van der Waals surface area contributed by atoms with E-state index >= 15 is 0 Å². The third kappa shape index (κ3) is 4.73. The lowest BCUT2D eigenvalue weighted by molar-refractivity contribution is -0.133. The maximum absolute atomic E-state index is 13.9. The third-order valence-corrected chi connectivity index (χ3v) is 7.79. The molecule has 8 nitrogen and oxygen atoms in total. The van der Waals surface area contributed by atoms with Crippen molar-refractivity contribution in [1.29, 1.82) is 0 Å². The molecule has 0 spiro atoms. The Kier molecular flexibility index (Phi) is 6.50. The molecule has 0 N–H and O–H groups in total. The van der Waals surface area contributed by atoms with Gasteiger partial charge in [0.25, 0.3) is 11.5 Å². The van der Waals surface area contributed by atoms with E-state index in [1.165, 1.54) is 21.7 Å². The molecule has 0 saturated carbocycles. The first-order chi connectivity index (χ1) is 18.8. The van der Waals surface area contributed by atoms with Crippen LogP contribution in [-0.2, 0) is 24.2 Å². The normalized spacial score (nSPS) is 16.5. The molecule has 1 unspecified atom stereocenters. The predicted molar refractivity (Wildman–Crippen MR) is 148 cm³/mol. The van der Waals surface area contributed by atoms with Crippen molar-refractivity contribution in [3.63, 3.8) is 0 Å². The number of hydrogen-bond donors (Lipinski definition) is 0. The monoisotopic (exact) mass is 588 g/mol. The van der Waals surface area contributed by atoms with E-state index in [0.717, 1.165) is 51.2 Å². The average Bonchev–Trinajstić information content (AvgIpc) is 3.65. The van der Waals surface area contributed by atoms with Crippen LogP contribution in [0.3, 0.4) is 0 Å². The second-order valence-corrected chi connectivity index (χ2v) is 10.9. The average molecular weight is 589 g/mol. The van der Waals surface area contributed by atoms with Gasteiger partial charge in [0.15, 0.2) is 0 Å². The summed E-state index contributed by atoms with van der Waals surface area (Å²) < 4.78 is 17.7. The fraction of sp³-hybridized carbons (Fsp3) is 0.276. The van der Waals surface area contributed by atoms with Gasteiger partial charge in [-0.2, -0.15) is 10.2 Å². The Balaban J connectivity index is 1.42. The molecule has 0 radical (unpaired) electrons. The van der Waals surface area contributed by atoms with E-state index in [1.807, 2.05) is 44.2 Å². The SMILES string of the molecule is Cc1cc(C)n(-c2nc3c(c(=O)n2CC(=O)N2N=C(c4ccc(Br)cc4)CC2c2ccc(F)cc2)CCC3)n1. The lowest BCUT2D eigenvalue weighted by Gasteiger charge is -2.23. The molecular weight excluding hydrogens is 563 g/mol. The van der Waals surface area contributed by atoms with Gasteiger partial charge in [0.1, 0.15) is 12.4 Å². The number of halogens is 2. The van der Waals surface area contributed by atoms with Gasteiger partial charge in [-0.05, 0) is 74.6 Å². The number of nitrogens with zero attached hydrogens (tertiary/aromatic N) is 6. The molecule has 2 aromatic carbocycles. The second-order valence-electron chi connectivity index (χ2n) is 9.98. The molecular formula is C29H26BrFN6O2. The van der Waals surface area contributed by atoms with Crippen molar-refractivity contribution in [3.8, 4) is 5.95 Å². The van der Waals surface area contributed by atoms with E-state index in [-0.39, 0.29) is 23.8 Å². The van der Waals surface area contributed by atoms with Crippen LogP contribution in [0.25, 0.3) is 5.95 Å². The summed E-state index contributed by atoms with van der Waals surface area (Å²) in [4.78, 5) is 32.4. The van der Waals surface area contributed by atoms with Gasteiger partial charge < -0.3 is 0 Å². The zero-order valence-electron chi connectivity index (χ0n) is 21.6. The minimum atomic E-state index is -0.438. The van der Waals surface area contributed by atoms with Crippen LogP contribution >= 0.6 is 15.9 Å². The van der Waals surface area contributed by atoms with Crippen molar-refractivity contribution in [2.75, 3.05) is 0 Å². The highest BCUT2D eigenvalue weighted by Gasteiger charge is 2.34. The fourth-order valence-corrected chi connectivity index (χ4v) is 5.63. The summed E-state index contributed by atoms with van der Waals surface area (Å²) in [6, 6.07) is 15.3. The highest BCUT2D eigenvalue weighted by Crippen LogP contribution is 2.33. The summed E-state index contributed by atoms with van der Waals surface area (Å²) in [6.07, 6.45) is 2.68. The smallest absolute Gasteiger partial charge is 0.263 e. The Morgan fingerprint density at radius 2 is 1.82 bits per heavy atom. The number of benzene rings is 2. The van der Waals surface area contributed by atoms with Crippen molar-refractivity contribution in [3.05, 3.63) is 109 Å². The number of hydrogen-bond acceptors (Lipinski definition) is 5. The van der Waals surface area contributed by atoms with Crippen LogP contribution in [0.15, 0.2) is 69.0 Å². The van der Waals surface area contributed by atoms with Crippen molar-refractivity contribution in [2.45, 2.75) is 52.1 Å². The molecule has 2 aliphatic rings. The van der Waals surface area contributed by atoms with Crippen LogP contribution in [0, 0.1) is 19.7 Å². The van der Waals surface area contributed by atoms with Gasteiger partial charge >= 0.3 is 0 Å². The summed E-state index contributed by atoms with van der Waals surface area (Å²) in [7, 11) is 0. The minimum Gasteiger partial charge on any atom is -0.271 e. The van der Waals surface area contributed by atoms with Crippen LogP contribution < -0.4 is 5.56 Å². The Labute approximate surface area is 232 Å². The third-order valence-electron chi connectivity index (χ3n) is 7.26. The number of amides is 1. The molecule has 198 valence electrons.